The van der Waals surface area contributed by atoms with Gasteiger partial charge in [0, 0.05) is 31.9 Å². The minimum atomic E-state index is -0.506. The average Bonchev–Trinajstić information content (AvgIpc) is 2.91. The smallest absolute Gasteiger partial charge is 0.325 e. The first-order chi connectivity index (χ1) is 12.3. The van der Waals surface area contributed by atoms with Crippen LogP contribution in [0, 0.1) is 0 Å². The minimum Gasteiger partial charge on any atom is -0.493 e. The molecule has 26 heavy (non-hydrogen) atoms. The van der Waals surface area contributed by atoms with Crippen LogP contribution in [-0.4, -0.2) is 52.1 Å². The quantitative estimate of drug-likeness (QED) is 0.777. The highest BCUT2D eigenvalue weighted by Crippen LogP contribution is 2.32. The number of amides is 1. The Balaban J connectivity index is 1.65. The van der Waals surface area contributed by atoms with Gasteiger partial charge in [-0.05, 0) is 17.0 Å². The van der Waals surface area contributed by atoms with E-state index in [2.05, 4.69) is 53.8 Å². The summed E-state index contributed by atoms with van der Waals surface area (Å²) in [4.78, 5) is 32.4. The van der Waals surface area contributed by atoms with E-state index in [0.717, 1.165) is 13.1 Å². The van der Waals surface area contributed by atoms with Crippen LogP contribution < -0.4 is 10.6 Å². The Hall–Kier alpha value is -2.70. The van der Waals surface area contributed by atoms with Crippen molar-refractivity contribution in [1.29, 1.82) is 0 Å². The molecule has 3 rings (SSSR count). The van der Waals surface area contributed by atoms with Gasteiger partial charge in [-0.3, -0.25) is 9.78 Å². The molecule has 0 atom stereocenters. The highest BCUT2D eigenvalue weighted by Gasteiger charge is 2.26. The molecule has 7 nitrogen and oxygen atoms in total. The van der Waals surface area contributed by atoms with Gasteiger partial charge in [0.05, 0.1) is 12.1 Å². The number of anilines is 1. The monoisotopic (exact) mass is 358 g/mol. The number of para-hydroxylation sites is 1. The molecule has 0 spiro atoms. The Labute approximate surface area is 152 Å². The van der Waals surface area contributed by atoms with Gasteiger partial charge in [0.1, 0.15) is 0 Å². The second-order valence-corrected chi connectivity index (χ2v) is 7.72. The van der Waals surface area contributed by atoms with Crippen LogP contribution in [0.4, 0.5) is 5.69 Å². The van der Waals surface area contributed by atoms with E-state index in [1.54, 1.807) is 4.90 Å². The van der Waals surface area contributed by atoms with Crippen LogP contribution in [0.5, 0.6) is 5.88 Å². The lowest BCUT2D eigenvalue weighted by molar-refractivity contribution is -0.130. The highest BCUT2D eigenvalue weighted by molar-refractivity contribution is 5.79. The summed E-state index contributed by atoms with van der Waals surface area (Å²) in [5.74, 6) is -0.361. The molecule has 0 bridgehead atoms. The van der Waals surface area contributed by atoms with Gasteiger partial charge in [0.25, 0.3) is 0 Å². The molecule has 1 amide bonds. The molecule has 1 fully saturated rings. The first-order valence-corrected chi connectivity index (χ1v) is 8.88. The zero-order chi connectivity index (χ0) is 18.9. The van der Waals surface area contributed by atoms with Gasteiger partial charge >= 0.3 is 5.69 Å². The molecule has 3 N–H and O–H groups in total. The Morgan fingerprint density at radius 2 is 1.77 bits per heavy atom. The number of rotatable bonds is 3. The van der Waals surface area contributed by atoms with Crippen LogP contribution in [0.1, 0.15) is 32.0 Å². The lowest BCUT2D eigenvalue weighted by Gasteiger charge is -2.38. The largest absolute Gasteiger partial charge is 0.493 e. The standard InChI is InChI=1S/C19H26N4O3/c1-19(2,3)13-6-4-5-7-15(13)22-8-10-23(11-9-22)16(24)12-14-17(25)21-18(26)20-14/h4-7,25H,8-12H2,1-3H3,(H2,20,21,26). The topological polar surface area (TPSA) is 92.4 Å². The van der Waals surface area contributed by atoms with Crippen molar-refractivity contribution in [3.8, 4) is 5.88 Å². The summed E-state index contributed by atoms with van der Waals surface area (Å²) in [6.07, 6.45) is -0.0108. The van der Waals surface area contributed by atoms with Gasteiger partial charge in [-0.1, -0.05) is 39.0 Å². The summed E-state index contributed by atoms with van der Waals surface area (Å²) >= 11 is 0. The number of hydrogen-bond donors (Lipinski definition) is 3. The number of H-pyrrole nitrogens is 2. The van der Waals surface area contributed by atoms with Crippen molar-refractivity contribution in [2.45, 2.75) is 32.6 Å². The zero-order valence-electron chi connectivity index (χ0n) is 15.5. The molecule has 7 heteroatoms. The Bertz CT molecular complexity index is 839. The summed E-state index contributed by atoms with van der Waals surface area (Å²) in [6, 6.07) is 8.42. The SMILES string of the molecule is CC(C)(C)c1ccccc1N1CCN(C(=O)Cc2[nH]c(=O)[nH]c2O)CC1. The van der Waals surface area contributed by atoms with Crippen molar-refractivity contribution < 1.29 is 9.90 Å². The van der Waals surface area contributed by atoms with Gasteiger partial charge in [-0.15, -0.1) is 0 Å². The fourth-order valence-electron chi connectivity index (χ4n) is 3.38. The highest BCUT2D eigenvalue weighted by atomic mass is 16.3. The number of aromatic nitrogens is 2. The van der Waals surface area contributed by atoms with Crippen molar-refractivity contribution in [2.24, 2.45) is 0 Å². The number of hydrogen-bond acceptors (Lipinski definition) is 4. The second kappa shape index (κ2) is 6.90. The molecular formula is C19H26N4O3. The maximum Gasteiger partial charge on any atom is 0.325 e. The van der Waals surface area contributed by atoms with Crippen LogP contribution >= 0.6 is 0 Å². The number of aromatic amines is 2. The van der Waals surface area contributed by atoms with E-state index in [9.17, 15) is 14.7 Å². The lowest BCUT2D eigenvalue weighted by Crippen LogP contribution is -2.49. The molecule has 0 radical (unpaired) electrons. The summed E-state index contributed by atoms with van der Waals surface area (Å²) in [6.45, 7) is 9.36. The minimum absolute atomic E-state index is 0.0108. The molecule has 2 heterocycles. The number of piperazine rings is 1. The molecule has 1 aromatic heterocycles. The van der Waals surface area contributed by atoms with Crippen LogP contribution in [0.3, 0.4) is 0 Å². The molecule has 0 unspecified atom stereocenters. The Morgan fingerprint density at radius 3 is 2.35 bits per heavy atom. The van der Waals surface area contributed by atoms with Crippen molar-refractivity contribution >= 4 is 11.6 Å². The number of aromatic hydroxyl groups is 1. The fourth-order valence-corrected chi connectivity index (χ4v) is 3.38. The number of benzene rings is 1. The summed E-state index contributed by atoms with van der Waals surface area (Å²) in [5.41, 5.74) is 2.31. The molecular weight excluding hydrogens is 332 g/mol. The van der Waals surface area contributed by atoms with Gasteiger partial charge in [0.15, 0.2) is 0 Å². The van der Waals surface area contributed by atoms with E-state index < -0.39 is 5.69 Å². The molecule has 0 aliphatic carbocycles. The maximum absolute atomic E-state index is 12.5. The Kier molecular flexibility index (Phi) is 4.80. The van der Waals surface area contributed by atoms with Gasteiger partial charge < -0.3 is 19.9 Å². The number of carbonyl (C=O) groups excluding carboxylic acids is 1. The first-order valence-electron chi connectivity index (χ1n) is 8.88. The van der Waals surface area contributed by atoms with Crippen LogP contribution in [0.15, 0.2) is 29.1 Å². The number of imidazole rings is 1. The normalized spacial score (nSPS) is 15.3. The summed E-state index contributed by atoms with van der Waals surface area (Å²) < 4.78 is 0. The van der Waals surface area contributed by atoms with E-state index >= 15 is 0 Å². The predicted octanol–water partition coefficient (Wildman–Crippen LogP) is 1.60. The van der Waals surface area contributed by atoms with Crippen molar-refractivity contribution in [1.82, 2.24) is 14.9 Å². The molecule has 0 saturated carbocycles. The summed E-state index contributed by atoms with van der Waals surface area (Å²) in [7, 11) is 0. The molecule has 2 aromatic rings. The predicted molar refractivity (Wildman–Crippen MR) is 101 cm³/mol. The molecule has 1 aromatic carbocycles. The molecule has 1 saturated heterocycles. The van der Waals surface area contributed by atoms with Crippen molar-refractivity contribution in [2.75, 3.05) is 31.1 Å². The Morgan fingerprint density at radius 1 is 1.12 bits per heavy atom. The second-order valence-electron chi connectivity index (χ2n) is 7.72. The third-order valence-corrected chi connectivity index (χ3v) is 4.80. The first kappa shape index (κ1) is 18.1. The van der Waals surface area contributed by atoms with Crippen LogP contribution in [-0.2, 0) is 16.6 Å². The summed E-state index contributed by atoms with van der Waals surface area (Å²) in [5, 5.41) is 9.61. The lowest BCUT2D eigenvalue weighted by atomic mass is 9.85. The van der Waals surface area contributed by atoms with Gasteiger partial charge in [0.2, 0.25) is 11.8 Å². The van der Waals surface area contributed by atoms with E-state index in [4.69, 9.17) is 0 Å². The van der Waals surface area contributed by atoms with Crippen LogP contribution in [0.2, 0.25) is 0 Å². The van der Waals surface area contributed by atoms with E-state index in [1.807, 2.05) is 6.07 Å². The van der Waals surface area contributed by atoms with Crippen molar-refractivity contribution in [3.05, 3.63) is 46.0 Å². The number of nitrogens with one attached hydrogen (secondary N) is 2. The third-order valence-electron chi connectivity index (χ3n) is 4.80. The van der Waals surface area contributed by atoms with E-state index in [0.29, 0.717) is 13.1 Å². The van der Waals surface area contributed by atoms with Crippen molar-refractivity contribution in [3.63, 3.8) is 0 Å². The molecule has 1 aliphatic rings. The number of nitrogens with zero attached hydrogens (tertiary/aromatic N) is 2. The fraction of sp³-hybridized carbons (Fsp3) is 0.474. The third kappa shape index (κ3) is 3.76. The van der Waals surface area contributed by atoms with Gasteiger partial charge in [-0.25, -0.2) is 4.79 Å². The van der Waals surface area contributed by atoms with Gasteiger partial charge in [-0.2, -0.15) is 0 Å². The molecule has 140 valence electrons. The van der Waals surface area contributed by atoms with Crippen LogP contribution in [0.25, 0.3) is 0 Å². The van der Waals surface area contributed by atoms with E-state index in [-0.39, 0.29) is 29.3 Å². The molecule has 1 aliphatic heterocycles. The zero-order valence-corrected chi connectivity index (χ0v) is 15.5. The number of carbonyl (C=O) groups is 1. The van der Waals surface area contributed by atoms with E-state index in [1.165, 1.54) is 11.3 Å². The average molecular weight is 358 g/mol. The maximum atomic E-state index is 12.5.